The Morgan fingerprint density at radius 3 is 2.71 bits per heavy atom. The van der Waals surface area contributed by atoms with Crippen LogP contribution < -0.4 is 14.2 Å². The van der Waals surface area contributed by atoms with Crippen LogP contribution >= 0.6 is 0 Å². The summed E-state index contributed by atoms with van der Waals surface area (Å²) in [4.78, 5) is 4.40. The summed E-state index contributed by atoms with van der Waals surface area (Å²) in [6.07, 6.45) is 5.70. The minimum absolute atomic E-state index is 0.240. The average molecular weight is 445 g/mol. The Kier molecular flexibility index (Phi) is 5.41. The minimum atomic E-state index is -3.58. The molecule has 164 valence electrons. The van der Waals surface area contributed by atoms with Gasteiger partial charge in [-0.1, -0.05) is 0 Å². The van der Waals surface area contributed by atoms with Crippen molar-refractivity contribution in [2.24, 2.45) is 5.92 Å². The van der Waals surface area contributed by atoms with E-state index in [2.05, 4.69) is 10.1 Å². The Morgan fingerprint density at radius 2 is 1.87 bits per heavy atom. The number of piperidine rings is 1. The second kappa shape index (κ2) is 8.35. The fourth-order valence-electron chi connectivity index (χ4n) is 3.85. The van der Waals surface area contributed by atoms with Crippen molar-refractivity contribution in [2.75, 3.05) is 32.9 Å². The van der Waals surface area contributed by atoms with Crippen LogP contribution in [0.4, 0.5) is 0 Å². The molecule has 5 rings (SSSR count). The first-order valence-electron chi connectivity index (χ1n) is 10.4. The first-order valence-corrected chi connectivity index (χ1v) is 11.9. The summed E-state index contributed by atoms with van der Waals surface area (Å²) in [5.74, 6) is 1.89. The molecule has 0 N–H and O–H groups in total. The van der Waals surface area contributed by atoms with Crippen LogP contribution in [-0.2, 0) is 10.0 Å². The number of benzene rings is 1. The number of ether oxygens (including phenoxy) is 3. The lowest BCUT2D eigenvalue weighted by molar-refractivity contribution is 0.179. The second-order valence-electron chi connectivity index (χ2n) is 7.72. The van der Waals surface area contributed by atoms with Crippen molar-refractivity contribution in [3.63, 3.8) is 0 Å². The molecule has 0 bridgehead atoms. The van der Waals surface area contributed by atoms with Crippen molar-refractivity contribution >= 4 is 15.7 Å². The third-order valence-electron chi connectivity index (χ3n) is 5.63. The number of hydrogen-bond donors (Lipinski definition) is 0. The van der Waals surface area contributed by atoms with E-state index in [1.165, 1.54) is 0 Å². The zero-order chi connectivity index (χ0) is 21.3. The Morgan fingerprint density at radius 1 is 1.06 bits per heavy atom. The van der Waals surface area contributed by atoms with Gasteiger partial charge in [0.05, 0.1) is 24.7 Å². The molecule has 2 aromatic heterocycles. The summed E-state index contributed by atoms with van der Waals surface area (Å²) < 4.78 is 46.5. The molecule has 4 heterocycles. The normalized spacial score (nSPS) is 18.1. The molecule has 1 fully saturated rings. The van der Waals surface area contributed by atoms with E-state index in [-0.39, 0.29) is 10.8 Å². The van der Waals surface area contributed by atoms with Gasteiger partial charge >= 0.3 is 0 Å². The van der Waals surface area contributed by atoms with E-state index >= 15 is 0 Å². The highest BCUT2D eigenvalue weighted by atomic mass is 32.2. The van der Waals surface area contributed by atoms with Crippen molar-refractivity contribution in [1.82, 2.24) is 18.9 Å². The van der Waals surface area contributed by atoms with Crippen molar-refractivity contribution in [1.29, 1.82) is 0 Å². The molecule has 31 heavy (non-hydrogen) atoms. The minimum Gasteiger partial charge on any atom is -0.490 e. The van der Waals surface area contributed by atoms with Crippen LogP contribution in [0.5, 0.6) is 17.4 Å². The fourth-order valence-corrected chi connectivity index (χ4v) is 5.33. The van der Waals surface area contributed by atoms with Gasteiger partial charge in [-0.05, 0) is 37.0 Å². The highest BCUT2D eigenvalue weighted by molar-refractivity contribution is 7.89. The van der Waals surface area contributed by atoms with Gasteiger partial charge in [-0.25, -0.2) is 17.9 Å². The van der Waals surface area contributed by atoms with Gasteiger partial charge in [0.1, 0.15) is 0 Å². The molecule has 0 atom stereocenters. The summed E-state index contributed by atoms with van der Waals surface area (Å²) in [6, 6.07) is 8.50. The predicted molar refractivity (Wildman–Crippen MR) is 112 cm³/mol. The Labute approximate surface area is 180 Å². The van der Waals surface area contributed by atoms with E-state index in [4.69, 9.17) is 14.2 Å². The molecule has 1 saturated heterocycles. The highest BCUT2D eigenvalue weighted by Crippen LogP contribution is 2.33. The molecule has 0 unspecified atom stereocenters. The number of imidazole rings is 1. The van der Waals surface area contributed by atoms with Crippen LogP contribution in [0.2, 0.25) is 0 Å². The molecule has 2 aliphatic rings. The molecule has 9 nitrogen and oxygen atoms in total. The van der Waals surface area contributed by atoms with Crippen LogP contribution in [0.15, 0.2) is 47.6 Å². The van der Waals surface area contributed by atoms with Gasteiger partial charge in [0.2, 0.25) is 15.9 Å². The van der Waals surface area contributed by atoms with Crippen LogP contribution in [0.1, 0.15) is 19.3 Å². The summed E-state index contributed by atoms with van der Waals surface area (Å²) >= 11 is 0. The van der Waals surface area contributed by atoms with Crippen molar-refractivity contribution in [3.8, 4) is 17.4 Å². The fraction of sp³-hybridized carbons (Fsp3) is 0.429. The Balaban J connectivity index is 1.20. The van der Waals surface area contributed by atoms with Gasteiger partial charge in [0, 0.05) is 44.0 Å². The molecule has 10 heteroatoms. The maximum absolute atomic E-state index is 13.1. The molecular formula is C21H24N4O5S. The molecular weight excluding hydrogens is 420 g/mol. The van der Waals surface area contributed by atoms with E-state index in [0.29, 0.717) is 50.3 Å². The van der Waals surface area contributed by atoms with Gasteiger partial charge < -0.3 is 14.2 Å². The number of aromatic nitrogens is 3. The number of sulfonamides is 1. The average Bonchev–Trinajstić information content (AvgIpc) is 3.13. The lowest BCUT2D eigenvalue weighted by Gasteiger charge is -2.31. The summed E-state index contributed by atoms with van der Waals surface area (Å²) in [7, 11) is -3.58. The van der Waals surface area contributed by atoms with E-state index in [1.54, 1.807) is 45.5 Å². The Bertz CT molecular complexity index is 1170. The van der Waals surface area contributed by atoms with Gasteiger partial charge in [-0.2, -0.15) is 4.31 Å². The van der Waals surface area contributed by atoms with E-state index in [9.17, 15) is 8.42 Å². The molecule has 0 radical (unpaired) electrons. The van der Waals surface area contributed by atoms with Crippen LogP contribution in [-0.4, -0.2) is 60.2 Å². The van der Waals surface area contributed by atoms with E-state index in [0.717, 1.165) is 24.9 Å². The number of rotatable bonds is 5. The lowest BCUT2D eigenvalue weighted by Crippen LogP contribution is -2.39. The van der Waals surface area contributed by atoms with Crippen molar-refractivity contribution in [3.05, 3.63) is 42.7 Å². The molecule has 0 aliphatic carbocycles. The highest BCUT2D eigenvalue weighted by Gasteiger charge is 2.30. The lowest BCUT2D eigenvalue weighted by atomic mass is 9.99. The monoisotopic (exact) mass is 444 g/mol. The quantitative estimate of drug-likeness (QED) is 0.596. The second-order valence-corrected chi connectivity index (χ2v) is 9.66. The van der Waals surface area contributed by atoms with E-state index < -0.39 is 10.0 Å². The third kappa shape index (κ3) is 4.17. The predicted octanol–water partition coefficient (Wildman–Crippen LogP) is 2.37. The maximum Gasteiger partial charge on any atom is 0.243 e. The van der Waals surface area contributed by atoms with Crippen LogP contribution in [0.3, 0.4) is 0 Å². The largest absolute Gasteiger partial charge is 0.490 e. The first kappa shape index (κ1) is 20.1. The molecule has 0 saturated carbocycles. The van der Waals surface area contributed by atoms with Gasteiger partial charge in [-0.15, -0.1) is 5.10 Å². The SMILES string of the molecule is O=S(=O)(c1ccc2c(c1)OCCCO2)N1CCC(COc2ccc3nccn3n2)CC1. The molecule has 2 aliphatic heterocycles. The Hall–Kier alpha value is -2.85. The van der Waals surface area contributed by atoms with Gasteiger partial charge in [0.25, 0.3) is 0 Å². The van der Waals surface area contributed by atoms with Crippen molar-refractivity contribution < 1.29 is 22.6 Å². The van der Waals surface area contributed by atoms with Gasteiger partial charge in [-0.3, -0.25) is 0 Å². The summed E-state index contributed by atoms with van der Waals surface area (Å²) in [5, 5.41) is 4.36. The molecule has 0 spiro atoms. The van der Waals surface area contributed by atoms with Crippen molar-refractivity contribution in [2.45, 2.75) is 24.2 Å². The number of hydrogen-bond acceptors (Lipinski definition) is 7. The number of fused-ring (bicyclic) bond motifs is 2. The first-order chi connectivity index (χ1) is 15.1. The summed E-state index contributed by atoms with van der Waals surface area (Å²) in [6.45, 7) is 2.51. The topological polar surface area (TPSA) is 95.3 Å². The van der Waals surface area contributed by atoms with E-state index in [1.807, 2.05) is 6.07 Å². The molecule has 3 aromatic rings. The number of nitrogens with zero attached hydrogens (tertiary/aromatic N) is 4. The smallest absolute Gasteiger partial charge is 0.243 e. The molecule has 1 aromatic carbocycles. The standard InChI is InChI=1S/C21H24N4O5S/c26-31(27,17-2-3-18-19(14-17)29-13-1-12-28-18)24-9-6-16(7-10-24)15-30-21-5-4-20-22-8-11-25(20)23-21/h2-5,8,11,14,16H,1,6-7,9-10,12-13,15H2. The molecule has 0 amide bonds. The van der Waals surface area contributed by atoms with Gasteiger partial charge in [0.15, 0.2) is 17.1 Å². The third-order valence-corrected chi connectivity index (χ3v) is 7.52. The summed E-state index contributed by atoms with van der Waals surface area (Å²) in [5.41, 5.74) is 0.764. The van der Waals surface area contributed by atoms with Crippen LogP contribution in [0, 0.1) is 5.92 Å². The maximum atomic E-state index is 13.1. The zero-order valence-corrected chi connectivity index (χ0v) is 17.8. The van der Waals surface area contributed by atoms with Crippen LogP contribution in [0.25, 0.3) is 5.65 Å². The zero-order valence-electron chi connectivity index (χ0n) is 17.0.